The maximum absolute atomic E-state index is 13.2. The van der Waals surface area contributed by atoms with Crippen molar-refractivity contribution in [2.75, 3.05) is 5.32 Å². The van der Waals surface area contributed by atoms with Crippen LogP contribution in [-0.4, -0.2) is 20.7 Å². The second-order valence-electron chi connectivity index (χ2n) is 6.90. The quantitative estimate of drug-likeness (QED) is 0.370. The Morgan fingerprint density at radius 1 is 0.967 bits per heavy atom. The molecule has 1 N–H and O–H groups in total. The van der Waals surface area contributed by atoms with Crippen LogP contribution < -0.4 is 10.9 Å². The molecule has 3 aromatic carbocycles. The Kier molecular flexibility index (Phi) is 5.95. The molecule has 1 heterocycles. The number of fused-ring (bicyclic) bond motifs is 1. The van der Waals surface area contributed by atoms with E-state index < -0.39 is 5.25 Å². The van der Waals surface area contributed by atoms with Crippen LogP contribution in [0.5, 0.6) is 0 Å². The van der Waals surface area contributed by atoms with Gasteiger partial charge in [0, 0.05) is 5.69 Å². The second kappa shape index (κ2) is 8.97. The summed E-state index contributed by atoms with van der Waals surface area (Å²) in [5.74, 6) is -0.139. The number of para-hydroxylation sites is 2. The van der Waals surface area contributed by atoms with Gasteiger partial charge in [0.2, 0.25) is 5.91 Å². The van der Waals surface area contributed by atoms with E-state index >= 15 is 0 Å². The summed E-state index contributed by atoms with van der Waals surface area (Å²) >= 11 is 1.29. The van der Waals surface area contributed by atoms with E-state index in [-0.39, 0.29) is 11.5 Å². The summed E-state index contributed by atoms with van der Waals surface area (Å²) in [6, 6.07) is 26.4. The minimum Gasteiger partial charge on any atom is -0.325 e. The molecule has 30 heavy (non-hydrogen) atoms. The minimum absolute atomic E-state index is 0.109. The first kappa shape index (κ1) is 19.9. The minimum atomic E-state index is -0.430. The molecule has 0 saturated carbocycles. The summed E-state index contributed by atoms with van der Waals surface area (Å²) in [5.41, 5.74) is 2.26. The molecule has 0 aliphatic carbocycles. The van der Waals surface area contributed by atoms with Crippen molar-refractivity contribution in [3.8, 4) is 0 Å². The molecule has 0 fully saturated rings. The SMILES string of the molecule is CC(Sc1nc2ccccc2c(=O)n1Cc1ccccc1)C(=O)Nc1ccccc1. The van der Waals surface area contributed by atoms with Crippen molar-refractivity contribution >= 4 is 34.3 Å². The van der Waals surface area contributed by atoms with Crippen LogP contribution in [0.3, 0.4) is 0 Å². The zero-order valence-electron chi connectivity index (χ0n) is 16.5. The summed E-state index contributed by atoms with van der Waals surface area (Å²) in [7, 11) is 0. The van der Waals surface area contributed by atoms with Gasteiger partial charge >= 0.3 is 0 Å². The Balaban J connectivity index is 1.67. The molecule has 0 aliphatic heterocycles. The van der Waals surface area contributed by atoms with Crippen molar-refractivity contribution in [2.45, 2.75) is 23.9 Å². The number of carbonyl (C=O) groups is 1. The molecule has 0 aliphatic rings. The third-order valence-electron chi connectivity index (χ3n) is 4.70. The first-order chi connectivity index (χ1) is 14.6. The number of carbonyl (C=O) groups excluding carboxylic acids is 1. The summed E-state index contributed by atoms with van der Waals surface area (Å²) in [6.07, 6.45) is 0. The van der Waals surface area contributed by atoms with Gasteiger partial charge in [-0.2, -0.15) is 0 Å². The highest BCUT2D eigenvalue weighted by Gasteiger charge is 2.19. The van der Waals surface area contributed by atoms with Gasteiger partial charge in [0.1, 0.15) is 0 Å². The largest absolute Gasteiger partial charge is 0.325 e. The highest BCUT2D eigenvalue weighted by Crippen LogP contribution is 2.24. The van der Waals surface area contributed by atoms with Crippen LogP contribution in [0.1, 0.15) is 12.5 Å². The lowest BCUT2D eigenvalue weighted by atomic mass is 10.2. The summed E-state index contributed by atoms with van der Waals surface area (Å²) < 4.78 is 1.65. The first-order valence-corrected chi connectivity index (χ1v) is 10.6. The summed E-state index contributed by atoms with van der Waals surface area (Å²) in [5, 5.41) is 3.57. The van der Waals surface area contributed by atoms with Crippen molar-refractivity contribution in [1.82, 2.24) is 9.55 Å². The van der Waals surface area contributed by atoms with Crippen molar-refractivity contribution < 1.29 is 4.79 Å². The molecule has 1 atom stereocenters. The van der Waals surface area contributed by atoms with Crippen molar-refractivity contribution in [3.05, 3.63) is 101 Å². The fourth-order valence-corrected chi connectivity index (χ4v) is 4.03. The number of hydrogen-bond acceptors (Lipinski definition) is 4. The Labute approximate surface area is 178 Å². The van der Waals surface area contributed by atoms with E-state index in [0.29, 0.717) is 22.6 Å². The van der Waals surface area contributed by atoms with Crippen LogP contribution in [-0.2, 0) is 11.3 Å². The van der Waals surface area contributed by atoms with Crippen LogP contribution >= 0.6 is 11.8 Å². The van der Waals surface area contributed by atoms with E-state index in [9.17, 15) is 9.59 Å². The highest BCUT2D eigenvalue weighted by atomic mass is 32.2. The zero-order chi connectivity index (χ0) is 20.9. The van der Waals surface area contributed by atoms with Gasteiger partial charge in [-0.15, -0.1) is 0 Å². The second-order valence-corrected chi connectivity index (χ2v) is 8.21. The molecule has 0 radical (unpaired) electrons. The summed E-state index contributed by atoms with van der Waals surface area (Å²) in [6.45, 7) is 2.21. The molecule has 6 heteroatoms. The van der Waals surface area contributed by atoms with Gasteiger partial charge in [-0.3, -0.25) is 14.2 Å². The average molecular weight is 416 g/mol. The molecule has 0 saturated heterocycles. The Morgan fingerprint density at radius 3 is 2.33 bits per heavy atom. The lowest BCUT2D eigenvalue weighted by molar-refractivity contribution is -0.115. The third kappa shape index (κ3) is 4.44. The van der Waals surface area contributed by atoms with E-state index in [4.69, 9.17) is 4.98 Å². The van der Waals surface area contributed by atoms with E-state index in [2.05, 4.69) is 5.32 Å². The number of hydrogen-bond donors (Lipinski definition) is 1. The molecule has 0 bridgehead atoms. The van der Waals surface area contributed by atoms with E-state index in [1.54, 1.807) is 10.6 Å². The lowest BCUT2D eigenvalue weighted by Gasteiger charge is -2.16. The van der Waals surface area contributed by atoms with Gasteiger partial charge in [-0.1, -0.05) is 72.4 Å². The molecule has 1 amide bonds. The number of rotatable bonds is 6. The fourth-order valence-electron chi connectivity index (χ4n) is 3.12. The maximum atomic E-state index is 13.2. The van der Waals surface area contributed by atoms with Gasteiger partial charge in [0.15, 0.2) is 5.16 Å². The third-order valence-corrected chi connectivity index (χ3v) is 5.79. The number of thioether (sulfide) groups is 1. The fraction of sp³-hybridized carbons (Fsp3) is 0.125. The number of anilines is 1. The molecule has 150 valence electrons. The van der Waals surface area contributed by atoms with Crippen molar-refractivity contribution in [2.24, 2.45) is 0 Å². The predicted molar refractivity (Wildman–Crippen MR) is 122 cm³/mol. The zero-order valence-corrected chi connectivity index (χ0v) is 17.3. The first-order valence-electron chi connectivity index (χ1n) is 9.68. The summed E-state index contributed by atoms with van der Waals surface area (Å²) in [4.78, 5) is 30.6. The number of nitrogens with zero attached hydrogens (tertiary/aromatic N) is 2. The molecule has 1 unspecified atom stereocenters. The van der Waals surface area contributed by atoms with Crippen LogP contribution in [0.15, 0.2) is 94.9 Å². The average Bonchev–Trinajstić information content (AvgIpc) is 2.78. The molecule has 4 aromatic rings. The number of benzene rings is 3. The molecule has 1 aromatic heterocycles. The van der Waals surface area contributed by atoms with E-state index in [1.807, 2.05) is 85.8 Å². The molecular weight excluding hydrogens is 394 g/mol. The van der Waals surface area contributed by atoms with Gasteiger partial charge in [0.05, 0.1) is 22.7 Å². The maximum Gasteiger partial charge on any atom is 0.262 e. The van der Waals surface area contributed by atoms with Crippen molar-refractivity contribution in [1.29, 1.82) is 0 Å². The van der Waals surface area contributed by atoms with Crippen LogP contribution in [0.25, 0.3) is 10.9 Å². The van der Waals surface area contributed by atoms with Gasteiger partial charge in [0.25, 0.3) is 5.56 Å². The van der Waals surface area contributed by atoms with Gasteiger partial charge < -0.3 is 5.32 Å². The van der Waals surface area contributed by atoms with Crippen LogP contribution in [0.4, 0.5) is 5.69 Å². The monoisotopic (exact) mass is 415 g/mol. The van der Waals surface area contributed by atoms with Gasteiger partial charge in [-0.05, 0) is 36.8 Å². The molecular formula is C24H21N3O2S. The van der Waals surface area contributed by atoms with Gasteiger partial charge in [-0.25, -0.2) is 4.98 Å². The molecule has 0 spiro atoms. The topological polar surface area (TPSA) is 64.0 Å². The van der Waals surface area contributed by atoms with Crippen molar-refractivity contribution in [3.63, 3.8) is 0 Å². The number of nitrogens with one attached hydrogen (secondary N) is 1. The van der Waals surface area contributed by atoms with Crippen LogP contribution in [0, 0.1) is 0 Å². The molecule has 4 rings (SSSR count). The van der Waals surface area contributed by atoms with Crippen LogP contribution in [0.2, 0.25) is 0 Å². The standard InChI is InChI=1S/C24H21N3O2S/c1-17(22(28)25-19-12-6-3-7-13-19)30-24-26-21-15-9-8-14-20(21)23(29)27(24)16-18-10-4-2-5-11-18/h2-15,17H,16H2,1H3,(H,25,28). The Morgan fingerprint density at radius 2 is 1.60 bits per heavy atom. The Hall–Kier alpha value is -3.38. The number of amides is 1. The smallest absolute Gasteiger partial charge is 0.262 e. The number of aromatic nitrogens is 2. The highest BCUT2D eigenvalue weighted by molar-refractivity contribution is 8.00. The van der Waals surface area contributed by atoms with E-state index in [0.717, 1.165) is 11.3 Å². The lowest BCUT2D eigenvalue weighted by Crippen LogP contribution is -2.27. The normalized spacial score (nSPS) is 11.9. The Bertz CT molecular complexity index is 1220. The molecule has 5 nitrogen and oxygen atoms in total. The van der Waals surface area contributed by atoms with E-state index in [1.165, 1.54) is 11.8 Å². The predicted octanol–water partition coefficient (Wildman–Crippen LogP) is 4.56.